The van der Waals surface area contributed by atoms with Gasteiger partial charge in [-0.25, -0.2) is 0 Å². The molecule has 1 aliphatic rings. The van der Waals surface area contributed by atoms with Crippen molar-refractivity contribution in [3.05, 3.63) is 0 Å². The molecular weight excluding hydrogens is 324 g/mol. The van der Waals surface area contributed by atoms with Gasteiger partial charge >= 0.3 is 17.9 Å². The summed E-state index contributed by atoms with van der Waals surface area (Å²) in [5, 5.41) is 9.01. The first-order chi connectivity index (χ1) is 11.9. The summed E-state index contributed by atoms with van der Waals surface area (Å²) in [7, 11) is 0. The molecule has 1 fully saturated rings. The van der Waals surface area contributed by atoms with Crippen molar-refractivity contribution in [1.29, 1.82) is 0 Å². The first-order valence-electron chi connectivity index (χ1n) is 9.53. The van der Waals surface area contributed by atoms with Gasteiger partial charge in [0.25, 0.3) is 0 Å². The molecule has 0 heterocycles. The number of carboxylic acid groups (broad SMARTS) is 1. The van der Waals surface area contributed by atoms with Crippen LogP contribution >= 0.6 is 0 Å². The standard InChI is InChI=1S/C19H32O6/c1-3-4-8-14(2)16(13-17(20)21)25-19(23)12-11-18(22)24-15-9-6-5-7-10-15/h14-16H,3-13H2,1-2H3,(H,20,21)/t14-,16-/m0/s1. The second-order valence-corrected chi connectivity index (χ2v) is 7.00. The topological polar surface area (TPSA) is 89.9 Å². The van der Waals surface area contributed by atoms with Crippen LogP contribution in [0.3, 0.4) is 0 Å². The van der Waals surface area contributed by atoms with Crippen LogP contribution in [-0.2, 0) is 23.9 Å². The summed E-state index contributed by atoms with van der Waals surface area (Å²) in [6, 6.07) is 0. The Kier molecular flexibility index (Phi) is 10.2. The van der Waals surface area contributed by atoms with E-state index in [1.807, 2.05) is 6.92 Å². The molecule has 6 heteroatoms. The van der Waals surface area contributed by atoms with Crippen LogP contribution in [0.2, 0.25) is 0 Å². The quantitative estimate of drug-likeness (QED) is 0.565. The van der Waals surface area contributed by atoms with Gasteiger partial charge in [0, 0.05) is 0 Å². The van der Waals surface area contributed by atoms with Gasteiger partial charge in [0.15, 0.2) is 0 Å². The highest BCUT2D eigenvalue weighted by Gasteiger charge is 2.25. The number of carbonyl (C=O) groups is 3. The van der Waals surface area contributed by atoms with E-state index in [1.54, 1.807) is 0 Å². The van der Waals surface area contributed by atoms with E-state index in [0.29, 0.717) is 0 Å². The normalized spacial score (nSPS) is 17.5. The van der Waals surface area contributed by atoms with Crippen LogP contribution in [0.5, 0.6) is 0 Å². The zero-order valence-electron chi connectivity index (χ0n) is 15.5. The highest BCUT2D eigenvalue weighted by Crippen LogP contribution is 2.21. The molecule has 0 aromatic heterocycles. The van der Waals surface area contributed by atoms with Crippen LogP contribution in [-0.4, -0.2) is 35.2 Å². The van der Waals surface area contributed by atoms with E-state index in [4.69, 9.17) is 14.6 Å². The van der Waals surface area contributed by atoms with E-state index >= 15 is 0 Å². The van der Waals surface area contributed by atoms with Crippen LogP contribution < -0.4 is 0 Å². The molecule has 1 N–H and O–H groups in total. The van der Waals surface area contributed by atoms with Crippen molar-refractivity contribution in [2.75, 3.05) is 0 Å². The lowest BCUT2D eigenvalue weighted by Crippen LogP contribution is -2.28. The van der Waals surface area contributed by atoms with E-state index in [9.17, 15) is 14.4 Å². The first kappa shape index (κ1) is 21.5. The highest BCUT2D eigenvalue weighted by atomic mass is 16.6. The molecular formula is C19H32O6. The summed E-state index contributed by atoms with van der Waals surface area (Å²) in [6.45, 7) is 3.96. The third-order valence-electron chi connectivity index (χ3n) is 4.69. The van der Waals surface area contributed by atoms with E-state index in [0.717, 1.165) is 44.9 Å². The molecule has 1 saturated carbocycles. The second kappa shape index (κ2) is 11.9. The molecule has 25 heavy (non-hydrogen) atoms. The fraction of sp³-hybridized carbons (Fsp3) is 0.842. The molecule has 1 rings (SSSR count). The number of aliphatic carboxylic acids is 1. The predicted octanol–water partition coefficient (Wildman–Crippen LogP) is 3.86. The fourth-order valence-electron chi connectivity index (χ4n) is 3.10. The van der Waals surface area contributed by atoms with Gasteiger partial charge in [-0.15, -0.1) is 0 Å². The van der Waals surface area contributed by atoms with Crippen molar-refractivity contribution in [3.8, 4) is 0 Å². The van der Waals surface area contributed by atoms with Crippen LogP contribution in [0.15, 0.2) is 0 Å². The first-order valence-corrected chi connectivity index (χ1v) is 9.53. The minimum absolute atomic E-state index is 0.0154. The summed E-state index contributed by atoms with van der Waals surface area (Å²) < 4.78 is 10.7. The van der Waals surface area contributed by atoms with Crippen molar-refractivity contribution in [2.24, 2.45) is 5.92 Å². The molecule has 0 spiro atoms. The molecule has 6 nitrogen and oxygen atoms in total. The maximum absolute atomic E-state index is 12.0. The Bertz CT molecular complexity index is 428. The van der Waals surface area contributed by atoms with Gasteiger partial charge in [0.2, 0.25) is 0 Å². The average Bonchev–Trinajstić information content (AvgIpc) is 2.57. The summed E-state index contributed by atoms with van der Waals surface area (Å²) in [6.07, 6.45) is 6.94. The Balaban J connectivity index is 2.36. The van der Waals surface area contributed by atoms with Gasteiger partial charge in [-0.1, -0.05) is 33.1 Å². The number of unbranched alkanes of at least 4 members (excludes halogenated alkanes) is 1. The Labute approximate surface area is 150 Å². The minimum Gasteiger partial charge on any atom is -0.481 e. The lowest BCUT2D eigenvalue weighted by Gasteiger charge is -2.23. The van der Waals surface area contributed by atoms with Crippen molar-refractivity contribution in [3.63, 3.8) is 0 Å². The zero-order chi connectivity index (χ0) is 18.7. The summed E-state index contributed by atoms with van der Waals surface area (Å²) in [4.78, 5) is 34.8. The highest BCUT2D eigenvalue weighted by molar-refractivity contribution is 5.78. The van der Waals surface area contributed by atoms with Gasteiger partial charge < -0.3 is 14.6 Å². The largest absolute Gasteiger partial charge is 0.481 e. The van der Waals surface area contributed by atoms with Gasteiger partial charge in [0.05, 0.1) is 19.3 Å². The number of esters is 2. The van der Waals surface area contributed by atoms with E-state index in [2.05, 4.69) is 6.92 Å². The van der Waals surface area contributed by atoms with Gasteiger partial charge in [-0.3, -0.25) is 14.4 Å². The lowest BCUT2D eigenvalue weighted by atomic mass is 9.95. The molecule has 0 aliphatic heterocycles. The lowest BCUT2D eigenvalue weighted by molar-refractivity contribution is -0.160. The Hall–Kier alpha value is -1.59. The zero-order valence-corrected chi connectivity index (χ0v) is 15.5. The minimum atomic E-state index is -0.988. The molecule has 0 saturated heterocycles. The summed E-state index contributed by atoms with van der Waals surface area (Å²) in [5.41, 5.74) is 0. The average molecular weight is 356 g/mol. The summed E-state index contributed by atoms with van der Waals surface area (Å²) >= 11 is 0. The molecule has 0 unspecified atom stereocenters. The third-order valence-corrected chi connectivity index (χ3v) is 4.69. The van der Waals surface area contributed by atoms with E-state index in [-0.39, 0.29) is 37.3 Å². The van der Waals surface area contributed by atoms with Gasteiger partial charge in [-0.05, 0) is 38.0 Å². The molecule has 0 radical (unpaired) electrons. The monoisotopic (exact) mass is 356 g/mol. The van der Waals surface area contributed by atoms with Crippen LogP contribution in [0.4, 0.5) is 0 Å². The third kappa shape index (κ3) is 9.46. The molecule has 1 aliphatic carbocycles. The van der Waals surface area contributed by atoms with Crippen LogP contribution in [0.1, 0.15) is 84.5 Å². The van der Waals surface area contributed by atoms with E-state index in [1.165, 1.54) is 6.42 Å². The maximum atomic E-state index is 12.0. The smallest absolute Gasteiger partial charge is 0.307 e. The molecule has 0 amide bonds. The molecule has 2 atom stereocenters. The number of hydrogen-bond acceptors (Lipinski definition) is 5. The predicted molar refractivity (Wildman–Crippen MR) is 93.0 cm³/mol. The molecule has 0 aromatic rings. The Morgan fingerprint density at radius 3 is 2.32 bits per heavy atom. The Morgan fingerprint density at radius 1 is 1.08 bits per heavy atom. The fourth-order valence-corrected chi connectivity index (χ4v) is 3.10. The SMILES string of the molecule is CCCC[C@H](C)[C@H](CC(=O)O)OC(=O)CCC(=O)OC1CCCCC1. The van der Waals surface area contributed by atoms with Gasteiger partial charge in [0.1, 0.15) is 12.2 Å². The van der Waals surface area contributed by atoms with Crippen molar-refractivity contribution < 1.29 is 29.0 Å². The van der Waals surface area contributed by atoms with E-state index < -0.39 is 18.0 Å². The van der Waals surface area contributed by atoms with Crippen molar-refractivity contribution in [1.82, 2.24) is 0 Å². The molecule has 144 valence electrons. The van der Waals surface area contributed by atoms with Crippen molar-refractivity contribution in [2.45, 2.75) is 96.7 Å². The number of carboxylic acids is 1. The Morgan fingerprint density at radius 2 is 1.72 bits per heavy atom. The number of carbonyl (C=O) groups excluding carboxylic acids is 2. The van der Waals surface area contributed by atoms with Crippen LogP contribution in [0, 0.1) is 5.92 Å². The number of rotatable bonds is 11. The number of hydrogen-bond donors (Lipinski definition) is 1. The van der Waals surface area contributed by atoms with Gasteiger partial charge in [-0.2, -0.15) is 0 Å². The molecule has 0 aromatic carbocycles. The number of ether oxygens (including phenoxy) is 2. The molecule has 0 bridgehead atoms. The summed E-state index contributed by atoms with van der Waals surface area (Å²) in [5.74, 6) is -1.92. The van der Waals surface area contributed by atoms with Crippen molar-refractivity contribution >= 4 is 17.9 Å². The second-order valence-electron chi connectivity index (χ2n) is 7.00. The van der Waals surface area contributed by atoms with Crippen LogP contribution in [0.25, 0.3) is 0 Å². The maximum Gasteiger partial charge on any atom is 0.307 e.